The average Bonchev–Trinajstić information content (AvgIpc) is 2.54. The van der Waals surface area contributed by atoms with E-state index in [-0.39, 0.29) is 22.0 Å². The van der Waals surface area contributed by atoms with Gasteiger partial charge in [-0.1, -0.05) is 24.3 Å². The maximum atomic E-state index is 12.3. The zero-order valence-electron chi connectivity index (χ0n) is 12.1. The van der Waals surface area contributed by atoms with Crippen LogP contribution >= 0.6 is 0 Å². The Hall–Kier alpha value is -3.13. The van der Waals surface area contributed by atoms with Gasteiger partial charge in [0.15, 0.2) is 5.84 Å². The third-order valence-electron chi connectivity index (χ3n) is 3.76. The van der Waals surface area contributed by atoms with Gasteiger partial charge in [0.05, 0.1) is 11.2 Å². The number of anilines is 1. The minimum Gasteiger partial charge on any atom is -0.506 e. The number of rotatable bonds is 1. The molecule has 2 heterocycles. The van der Waals surface area contributed by atoms with Gasteiger partial charge in [-0.25, -0.2) is 0 Å². The fourth-order valence-corrected chi connectivity index (χ4v) is 3.79. The number of H-pyrrole nitrogens is 1. The quantitative estimate of drug-likeness (QED) is 0.625. The van der Waals surface area contributed by atoms with Crippen LogP contribution in [0.1, 0.15) is 5.56 Å². The van der Waals surface area contributed by atoms with E-state index in [1.54, 1.807) is 42.5 Å². The first-order valence-electron chi connectivity index (χ1n) is 7.03. The standard InChI is InChI=1S/C16H11N3O4S/c20-14-9-5-1-2-6-10(9)18-16(21)13(14)15-17-11-7-3-4-8-12(11)24(22,23)19-15/h1-8H,(H,17,19)(H2,18,20,21). The van der Waals surface area contributed by atoms with Crippen molar-refractivity contribution in [2.75, 3.05) is 5.32 Å². The van der Waals surface area contributed by atoms with Crippen molar-refractivity contribution in [2.24, 2.45) is 4.40 Å². The lowest BCUT2D eigenvalue weighted by atomic mass is 10.1. The average molecular weight is 341 g/mol. The van der Waals surface area contributed by atoms with E-state index in [4.69, 9.17) is 0 Å². The third-order valence-corrected chi connectivity index (χ3v) is 5.10. The van der Waals surface area contributed by atoms with Crippen LogP contribution in [0.4, 0.5) is 5.69 Å². The highest BCUT2D eigenvalue weighted by atomic mass is 32.2. The number of aromatic amines is 1. The van der Waals surface area contributed by atoms with Gasteiger partial charge < -0.3 is 15.4 Å². The van der Waals surface area contributed by atoms with Gasteiger partial charge in [0.2, 0.25) is 0 Å². The summed E-state index contributed by atoms with van der Waals surface area (Å²) in [7, 11) is -3.96. The van der Waals surface area contributed by atoms with Crippen molar-refractivity contribution < 1.29 is 13.5 Å². The Morgan fingerprint density at radius 1 is 1.00 bits per heavy atom. The summed E-state index contributed by atoms with van der Waals surface area (Å²) >= 11 is 0. The summed E-state index contributed by atoms with van der Waals surface area (Å²) in [4.78, 5) is 15.0. The number of benzene rings is 2. The summed E-state index contributed by atoms with van der Waals surface area (Å²) in [5, 5.41) is 13.7. The molecule has 0 atom stereocenters. The lowest BCUT2D eigenvalue weighted by molar-refractivity contribution is 0.479. The molecule has 0 spiro atoms. The van der Waals surface area contributed by atoms with Crippen molar-refractivity contribution in [3.05, 3.63) is 64.4 Å². The summed E-state index contributed by atoms with van der Waals surface area (Å²) in [6, 6.07) is 12.9. The number of amidine groups is 1. The van der Waals surface area contributed by atoms with Gasteiger partial charge in [0.25, 0.3) is 15.6 Å². The number of nitrogens with one attached hydrogen (secondary N) is 2. The van der Waals surface area contributed by atoms with E-state index in [0.717, 1.165) is 0 Å². The second-order valence-corrected chi connectivity index (χ2v) is 6.83. The van der Waals surface area contributed by atoms with Crippen molar-refractivity contribution in [3.8, 4) is 5.75 Å². The van der Waals surface area contributed by atoms with Gasteiger partial charge in [-0.05, 0) is 24.3 Å². The smallest absolute Gasteiger partial charge is 0.286 e. The molecule has 1 aromatic heterocycles. The number of aromatic nitrogens is 1. The van der Waals surface area contributed by atoms with Crippen LogP contribution in [-0.4, -0.2) is 24.3 Å². The minimum absolute atomic E-state index is 0.0189. The SMILES string of the molecule is O=c1[nH]c2ccccc2c(O)c1C1=NS(=O)(=O)c2ccccc2N1. The van der Waals surface area contributed by atoms with Crippen LogP contribution < -0.4 is 10.9 Å². The monoisotopic (exact) mass is 341 g/mol. The second-order valence-electron chi connectivity index (χ2n) is 5.26. The predicted octanol–water partition coefficient (Wildman–Crippen LogP) is 1.79. The first kappa shape index (κ1) is 14.5. The first-order chi connectivity index (χ1) is 11.5. The summed E-state index contributed by atoms with van der Waals surface area (Å²) in [6.07, 6.45) is 0. The van der Waals surface area contributed by atoms with Crippen LogP contribution in [0.2, 0.25) is 0 Å². The molecule has 0 unspecified atom stereocenters. The summed E-state index contributed by atoms with van der Waals surface area (Å²) in [6.45, 7) is 0. The summed E-state index contributed by atoms with van der Waals surface area (Å²) < 4.78 is 28.3. The van der Waals surface area contributed by atoms with Crippen molar-refractivity contribution in [1.29, 1.82) is 0 Å². The van der Waals surface area contributed by atoms with Gasteiger partial charge in [-0.15, -0.1) is 4.40 Å². The van der Waals surface area contributed by atoms with Crippen molar-refractivity contribution in [2.45, 2.75) is 4.90 Å². The highest BCUT2D eigenvalue weighted by Crippen LogP contribution is 2.31. The number of sulfonamides is 1. The van der Waals surface area contributed by atoms with Crippen LogP contribution in [0.25, 0.3) is 10.9 Å². The molecule has 3 N–H and O–H groups in total. The number of hydrogen-bond acceptors (Lipinski definition) is 5. The van der Waals surface area contributed by atoms with E-state index >= 15 is 0 Å². The molecule has 0 amide bonds. The van der Waals surface area contributed by atoms with Crippen LogP contribution in [0.3, 0.4) is 0 Å². The maximum absolute atomic E-state index is 12.3. The summed E-state index contributed by atoms with van der Waals surface area (Å²) in [5.41, 5.74) is -0.100. The lowest BCUT2D eigenvalue weighted by Gasteiger charge is -2.18. The zero-order valence-corrected chi connectivity index (χ0v) is 13.0. The molecule has 0 fully saturated rings. The molecule has 0 aliphatic carbocycles. The van der Waals surface area contributed by atoms with Gasteiger partial charge in [0.1, 0.15) is 16.2 Å². The Bertz CT molecular complexity index is 1180. The Balaban J connectivity index is 2.00. The molecule has 1 aliphatic rings. The second kappa shape index (κ2) is 4.93. The Morgan fingerprint density at radius 3 is 2.54 bits per heavy atom. The predicted molar refractivity (Wildman–Crippen MR) is 90.0 cm³/mol. The van der Waals surface area contributed by atoms with E-state index in [9.17, 15) is 18.3 Å². The van der Waals surface area contributed by atoms with Gasteiger partial charge in [-0.2, -0.15) is 8.42 Å². The maximum Gasteiger partial charge on any atom is 0.286 e. The van der Waals surface area contributed by atoms with Crippen molar-refractivity contribution >= 4 is 32.4 Å². The molecule has 0 radical (unpaired) electrons. The molecule has 3 aromatic rings. The number of nitrogens with zero attached hydrogens (tertiary/aromatic N) is 1. The molecular formula is C16H11N3O4S. The van der Waals surface area contributed by atoms with Crippen LogP contribution in [0.5, 0.6) is 5.75 Å². The molecule has 0 bridgehead atoms. The van der Waals surface area contributed by atoms with E-state index in [1.165, 1.54) is 6.07 Å². The Morgan fingerprint density at radius 2 is 1.71 bits per heavy atom. The topological polar surface area (TPSA) is 112 Å². The van der Waals surface area contributed by atoms with E-state index in [1.807, 2.05) is 0 Å². The van der Waals surface area contributed by atoms with E-state index in [0.29, 0.717) is 16.6 Å². The molecule has 7 nitrogen and oxygen atoms in total. The fourth-order valence-electron chi connectivity index (χ4n) is 2.67. The number of hydrogen-bond donors (Lipinski definition) is 3. The highest BCUT2D eigenvalue weighted by Gasteiger charge is 2.28. The molecule has 1 aliphatic heterocycles. The summed E-state index contributed by atoms with van der Waals surface area (Å²) in [5.74, 6) is -0.534. The van der Waals surface area contributed by atoms with Crippen LogP contribution in [0.15, 0.2) is 62.6 Å². The number of pyridine rings is 1. The largest absolute Gasteiger partial charge is 0.506 e. The Kier molecular flexibility index (Phi) is 2.97. The number of para-hydroxylation sites is 2. The van der Waals surface area contributed by atoms with Gasteiger partial charge in [-0.3, -0.25) is 4.79 Å². The number of fused-ring (bicyclic) bond motifs is 2. The molecular weight excluding hydrogens is 330 g/mol. The molecule has 2 aromatic carbocycles. The van der Waals surface area contributed by atoms with Gasteiger partial charge in [0, 0.05) is 5.39 Å². The minimum atomic E-state index is -3.96. The zero-order chi connectivity index (χ0) is 16.9. The molecule has 8 heteroatoms. The Labute approximate surface area is 136 Å². The molecule has 0 saturated heterocycles. The van der Waals surface area contributed by atoms with Crippen molar-refractivity contribution in [3.63, 3.8) is 0 Å². The van der Waals surface area contributed by atoms with Crippen LogP contribution in [0, 0.1) is 0 Å². The van der Waals surface area contributed by atoms with Gasteiger partial charge >= 0.3 is 0 Å². The highest BCUT2D eigenvalue weighted by molar-refractivity contribution is 7.90. The van der Waals surface area contributed by atoms with E-state index in [2.05, 4.69) is 14.7 Å². The van der Waals surface area contributed by atoms with E-state index < -0.39 is 15.6 Å². The lowest BCUT2D eigenvalue weighted by Crippen LogP contribution is -2.28. The van der Waals surface area contributed by atoms with Crippen LogP contribution in [-0.2, 0) is 10.0 Å². The first-order valence-corrected chi connectivity index (χ1v) is 8.47. The fraction of sp³-hybridized carbons (Fsp3) is 0. The van der Waals surface area contributed by atoms with Crippen molar-refractivity contribution in [1.82, 2.24) is 4.98 Å². The third kappa shape index (κ3) is 2.08. The normalized spacial score (nSPS) is 15.4. The number of aromatic hydroxyl groups is 1. The molecule has 120 valence electrons. The molecule has 24 heavy (non-hydrogen) atoms. The molecule has 0 saturated carbocycles. The molecule has 4 rings (SSSR count).